The van der Waals surface area contributed by atoms with E-state index >= 15 is 0 Å². The molecule has 0 unspecified atom stereocenters. The molecule has 5 nitrogen and oxygen atoms in total. The molecular formula is C21H23N3O2. The summed E-state index contributed by atoms with van der Waals surface area (Å²) in [6.45, 7) is 2.48. The fraction of sp³-hybridized carbons (Fsp3) is 0.381. The predicted molar refractivity (Wildman–Crippen MR) is 100.0 cm³/mol. The molecule has 5 heteroatoms. The molecule has 0 saturated heterocycles. The Morgan fingerprint density at radius 3 is 2.58 bits per heavy atom. The minimum atomic E-state index is 0.386. The van der Waals surface area contributed by atoms with Crippen molar-refractivity contribution in [3.8, 4) is 28.5 Å². The van der Waals surface area contributed by atoms with E-state index in [0.29, 0.717) is 24.2 Å². The zero-order chi connectivity index (χ0) is 17.8. The van der Waals surface area contributed by atoms with Crippen molar-refractivity contribution in [2.45, 2.75) is 44.9 Å². The summed E-state index contributed by atoms with van der Waals surface area (Å²) < 4.78 is 11.3. The van der Waals surface area contributed by atoms with Crippen molar-refractivity contribution in [3.05, 3.63) is 48.4 Å². The summed E-state index contributed by atoms with van der Waals surface area (Å²) in [5.41, 5.74) is 2.70. The number of pyridine rings is 1. The van der Waals surface area contributed by atoms with Gasteiger partial charge in [-0.25, -0.2) is 4.98 Å². The Labute approximate surface area is 153 Å². The zero-order valence-corrected chi connectivity index (χ0v) is 15.0. The highest BCUT2D eigenvalue weighted by atomic mass is 16.5. The van der Waals surface area contributed by atoms with Gasteiger partial charge in [-0.2, -0.15) is 4.98 Å². The average molecular weight is 349 g/mol. The van der Waals surface area contributed by atoms with Crippen molar-refractivity contribution in [2.24, 2.45) is 0 Å². The number of hydrogen-bond acceptors (Lipinski definition) is 5. The van der Waals surface area contributed by atoms with Crippen LogP contribution in [0.15, 0.2) is 47.0 Å². The number of benzene rings is 1. The lowest BCUT2D eigenvalue weighted by Crippen LogP contribution is -2.04. The molecule has 2 heterocycles. The first-order valence-electron chi connectivity index (χ1n) is 9.38. The molecule has 0 atom stereocenters. The molecule has 0 spiro atoms. The maximum Gasteiger partial charge on any atom is 0.230 e. The minimum absolute atomic E-state index is 0.386. The Balaban J connectivity index is 1.66. The third-order valence-corrected chi connectivity index (χ3v) is 4.85. The highest BCUT2D eigenvalue weighted by Crippen LogP contribution is 2.34. The Hall–Kier alpha value is -2.69. The quantitative estimate of drug-likeness (QED) is 0.630. The SMILES string of the molecule is CCOc1nc(-c2ccccc2)ccc1-c1noc(C2CCCCC2)n1. The predicted octanol–water partition coefficient (Wildman–Crippen LogP) is 5.25. The van der Waals surface area contributed by atoms with E-state index in [-0.39, 0.29) is 0 Å². The van der Waals surface area contributed by atoms with Gasteiger partial charge in [0.15, 0.2) is 0 Å². The van der Waals surface area contributed by atoms with Gasteiger partial charge >= 0.3 is 0 Å². The van der Waals surface area contributed by atoms with Gasteiger partial charge in [0, 0.05) is 11.5 Å². The second-order valence-corrected chi connectivity index (χ2v) is 6.64. The van der Waals surface area contributed by atoms with Gasteiger partial charge in [-0.15, -0.1) is 0 Å². The van der Waals surface area contributed by atoms with Crippen molar-refractivity contribution in [2.75, 3.05) is 6.61 Å². The molecular weight excluding hydrogens is 326 g/mol. The van der Waals surface area contributed by atoms with Crippen LogP contribution in [0.4, 0.5) is 0 Å². The van der Waals surface area contributed by atoms with Gasteiger partial charge in [0.1, 0.15) is 0 Å². The van der Waals surface area contributed by atoms with Crippen LogP contribution in [-0.2, 0) is 0 Å². The van der Waals surface area contributed by atoms with Crippen molar-refractivity contribution < 1.29 is 9.26 Å². The summed E-state index contributed by atoms with van der Waals surface area (Å²) in [5.74, 6) is 2.23. The molecule has 0 N–H and O–H groups in total. The number of ether oxygens (including phenoxy) is 1. The maximum atomic E-state index is 5.78. The molecule has 0 bridgehead atoms. The van der Waals surface area contributed by atoms with Crippen LogP contribution in [0.25, 0.3) is 22.6 Å². The van der Waals surface area contributed by atoms with Crippen molar-refractivity contribution >= 4 is 0 Å². The van der Waals surface area contributed by atoms with E-state index in [2.05, 4.69) is 15.1 Å². The Kier molecular flexibility index (Phi) is 4.95. The maximum absolute atomic E-state index is 5.78. The van der Waals surface area contributed by atoms with Crippen LogP contribution in [0.3, 0.4) is 0 Å². The Morgan fingerprint density at radius 2 is 1.81 bits per heavy atom. The summed E-state index contributed by atoms with van der Waals surface area (Å²) >= 11 is 0. The fourth-order valence-electron chi connectivity index (χ4n) is 3.49. The topological polar surface area (TPSA) is 61.0 Å². The van der Waals surface area contributed by atoms with Gasteiger partial charge in [0.05, 0.1) is 17.9 Å². The van der Waals surface area contributed by atoms with Crippen LogP contribution in [0, 0.1) is 0 Å². The lowest BCUT2D eigenvalue weighted by molar-refractivity contribution is 0.313. The van der Waals surface area contributed by atoms with E-state index in [1.807, 2.05) is 49.4 Å². The summed E-state index contributed by atoms with van der Waals surface area (Å²) in [6, 6.07) is 14.0. The van der Waals surface area contributed by atoms with Gasteiger partial charge < -0.3 is 9.26 Å². The number of hydrogen-bond donors (Lipinski definition) is 0. The molecule has 1 saturated carbocycles. The number of nitrogens with zero attached hydrogens (tertiary/aromatic N) is 3. The monoisotopic (exact) mass is 349 g/mol. The van der Waals surface area contributed by atoms with Gasteiger partial charge in [0.2, 0.25) is 17.6 Å². The molecule has 0 aliphatic heterocycles. The second-order valence-electron chi connectivity index (χ2n) is 6.64. The smallest absolute Gasteiger partial charge is 0.230 e. The Bertz CT molecular complexity index is 855. The van der Waals surface area contributed by atoms with E-state index in [4.69, 9.17) is 9.26 Å². The molecule has 0 radical (unpaired) electrons. The van der Waals surface area contributed by atoms with Crippen molar-refractivity contribution in [3.63, 3.8) is 0 Å². The molecule has 1 fully saturated rings. The molecule has 2 aromatic heterocycles. The van der Waals surface area contributed by atoms with Gasteiger partial charge in [-0.1, -0.05) is 54.8 Å². The average Bonchev–Trinajstić information content (AvgIpc) is 3.20. The summed E-state index contributed by atoms with van der Waals surface area (Å²) in [6.07, 6.45) is 6.03. The Morgan fingerprint density at radius 1 is 1.00 bits per heavy atom. The lowest BCUT2D eigenvalue weighted by Gasteiger charge is -2.17. The van der Waals surface area contributed by atoms with E-state index in [1.165, 1.54) is 19.3 Å². The molecule has 1 aromatic carbocycles. The third-order valence-electron chi connectivity index (χ3n) is 4.85. The summed E-state index contributed by atoms with van der Waals surface area (Å²) in [4.78, 5) is 9.34. The van der Waals surface area contributed by atoms with Crippen LogP contribution in [0.5, 0.6) is 5.88 Å². The van der Waals surface area contributed by atoms with Gasteiger partial charge in [0.25, 0.3) is 0 Å². The molecule has 134 valence electrons. The first-order valence-corrected chi connectivity index (χ1v) is 9.38. The number of rotatable bonds is 5. The fourth-order valence-corrected chi connectivity index (χ4v) is 3.49. The first-order chi connectivity index (χ1) is 12.8. The van der Waals surface area contributed by atoms with E-state index < -0.39 is 0 Å². The van der Waals surface area contributed by atoms with E-state index in [0.717, 1.165) is 35.6 Å². The summed E-state index contributed by atoms with van der Waals surface area (Å²) in [5, 5.41) is 4.20. The van der Waals surface area contributed by atoms with Gasteiger partial charge in [-0.3, -0.25) is 0 Å². The lowest BCUT2D eigenvalue weighted by atomic mass is 9.89. The first kappa shape index (κ1) is 16.8. The van der Waals surface area contributed by atoms with E-state index in [1.54, 1.807) is 0 Å². The molecule has 1 aliphatic rings. The number of aromatic nitrogens is 3. The molecule has 1 aliphatic carbocycles. The molecule has 0 amide bonds. The highest BCUT2D eigenvalue weighted by Gasteiger charge is 2.23. The highest BCUT2D eigenvalue weighted by molar-refractivity contribution is 5.67. The van der Waals surface area contributed by atoms with Crippen LogP contribution < -0.4 is 4.74 Å². The van der Waals surface area contributed by atoms with Crippen molar-refractivity contribution in [1.29, 1.82) is 0 Å². The molecule has 26 heavy (non-hydrogen) atoms. The van der Waals surface area contributed by atoms with Crippen LogP contribution >= 0.6 is 0 Å². The van der Waals surface area contributed by atoms with Crippen molar-refractivity contribution in [1.82, 2.24) is 15.1 Å². The van der Waals surface area contributed by atoms with Gasteiger partial charge in [-0.05, 0) is 31.9 Å². The largest absolute Gasteiger partial charge is 0.477 e. The minimum Gasteiger partial charge on any atom is -0.477 e. The van der Waals surface area contributed by atoms with Crippen LogP contribution in [-0.4, -0.2) is 21.7 Å². The normalized spacial score (nSPS) is 15.1. The summed E-state index contributed by atoms with van der Waals surface area (Å²) in [7, 11) is 0. The van der Waals surface area contributed by atoms with Crippen LogP contribution in [0.2, 0.25) is 0 Å². The van der Waals surface area contributed by atoms with Crippen LogP contribution in [0.1, 0.15) is 50.8 Å². The standard InChI is InChI=1S/C21H23N3O2/c1-2-25-21-17(13-14-18(22-21)15-9-5-3-6-10-15)19-23-20(26-24-19)16-11-7-4-8-12-16/h3,5-6,9-10,13-14,16H,2,4,7-8,11-12H2,1H3. The molecule has 3 aromatic rings. The third kappa shape index (κ3) is 3.47. The molecule has 4 rings (SSSR count). The zero-order valence-electron chi connectivity index (χ0n) is 15.0. The van der Waals surface area contributed by atoms with E-state index in [9.17, 15) is 0 Å². The second kappa shape index (κ2) is 7.68.